The van der Waals surface area contributed by atoms with Crippen molar-refractivity contribution in [2.24, 2.45) is 0 Å². The van der Waals surface area contributed by atoms with E-state index in [9.17, 15) is 17.2 Å². The van der Waals surface area contributed by atoms with Gasteiger partial charge in [0.25, 0.3) is 10.0 Å². The van der Waals surface area contributed by atoms with Crippen molar-refractivity contribution >= 4 is 26.0 Å². The van der Waals surface area contributed by atoms with Crippen LogP contribution in [0.5, 0.6) is 0 Å². The summed E-state index contributed by atoms with van der Waals surface area (Å²) in [6, 6.07) is 0. The molecule has 0 saturated carbocycles. The minimum atomic E-state index is -4.51. The first-order valence-corrected chi connectivity index (χ1v) is 6.87. The average molecular weight is 294 g/mol. The van der Waals surface area contributed by atoms with E-state index in [-0.39, 0.29) is 0 Å². The maximum Gasteiger partial charge on any atom is 0.350 e. The van der Waals surface area contributed by atoms with Gasteiger partial charge in [-0.3, -0.25) is 0 Å². The highest BCUT2D eigenvalue weighted by Crippen LogP contribution is 2.20. The molecular formula is C7H14BrF2NO2S. The summed E-state index contributed by atoms with van der Waals surface area (Å²) in [4.78, 5) is 0. The largest absolute Gasteiger partial charge is 0.350 e. The van der Waals surface area contributed by atoms with Crippen molar-refractivity contribution in [3.63, 3.8) is 0 Å². The lowest BCUT2D eigenvalue weighted by atomic mass is 9.97. The topological polar surface area (TPSA) is 46.2 Å². The highest BCUT2D eigenvalue weighted by molar-refractivity contribution is 9.09. The van der Waals surface area contributed by atoms with Crippen molar-refractivity contribution < 1.29 is 17.2 Å². The molecule has 0 aromatic carbocycles. The first kappa shape index (κ1) is 14.2. The number of halogens is 3. The fraction of sp³-hybridized carbons (Fsp3) is 1.00. The Balaban J connectivity index is 4.78. The monoisotopic (exact) mass is 293 g/mol. The third kappa shape index (κ3) is 3.43. The van der Waals surface area contributed by atoms with Crippen LogP contribution in [0.1, 0.15) is 26.7 Å². The Labute approximate surface area is 91.4 Å². The zero-order chi connectivity index (χ0) is 11.4. The molecule has 1 N–H and O–H groups in total. The molecule has 0 rings (SSSR count). The molecule has 3 nitrogen and oxygen atoms in total. The Hall–Kier alpha value is 0.250. The Morgan fingerprint density at radius 3 is 2.00 bits per heavy atom. The predicted molar refractivity (Wildman–Crippen MR) is 55.2 cm³/mol. The van der Waals surface area contributed by atoms with Gasteiger partial charge in [0.15, 0.2) is 0 Å². The summed E-state index contributed by atoms with van der Waals surface area (Å²) in [5.41, 5.74) is -0.810. The molecule has 0 aromatic rings. The maximum absolute atomic E-state index is 12.1. The zero-order valence-electron chi connectivity index (χ0n) is 8.06. The van der Waals surface area contributed by atoms with E-state index in [1.165, 1.54) is 0 Å². The van der Waals surface area contributed by atoms with Gasteiger partial charge in [-0.2, -0.15) is 8.78 Å². The number of hydrogen-bond acceptors (Lipinski definition) is 2. The first-order chi connectivity index (χ1) is 6.33. The van der Waals surface area contributed by atoms with Crippen molar-refractivity contribution in [2.45, 2.75) is 38.0 Å². The standard InChI is InChI=1S/C7H14BrF2NO2S/c1-3-7(4-2,5-8)11-14(12,13)6(9)10/h6,11H,3-5H2,1-2H3. The summed E-state index contributed by atoms with van der Waals surface area (Å²) in [6.45, 7) is 3.50. The van der Waals surface area contributed by atoms with Crippen LogP contribution in [0.25, 0.3) is 0 Å². The van der Waals surface area contributed by atoms with Crippen molar-refractivity contribution in [1.82, 2.24) is 4.72 Å². The molecule has 0 radical (unpaired) electrons. The highest BCUT2D eigenvalue weighted by atomic mass is 79.9. The minimum Gasteiger partial charge on any atom is -0.206 e. The second-order valence-corrected chi connectivity index (χ2v) is 5.24. The van der Waals surface area contributed by atoms with Crippen molar-refractivity contribution in [2.75, 3.05) is 5.33 Å². The Morgan fingerprint density at radius 1 is 1.36 bits per heavy atom. The van der Waals surface area contributed by atoms with Crippen LogP contribution in [0.3, 0.4) is 0 Å². The van der Waals surface area contributed by atoms with Crippen LogP contribution < -0.4 is 4.72 Å². The maximum atomic E-state index is 12.1. The molecule has 0 atom stereocenters. The predicted octanol–water partition coefficient (Wildman–Crippen LogP) is 2.08. The molecule has 0 fully saturated rings. The molecule has 0 aliphatic carbocycles. The number of hydrogen-bond donors (Lipinski definition) is 1. The number of nitrogens with one attached hydrogen (secondary N) is 1. The van der Waals surface area contributed by atoms with E-state index in [2.05, 4.69) is 15.9 Å². The Bertz CT molecular complexity index is 257. The van der Waals surface area contributed by atoms with E-state index in [0.717, 1.165) is 0 Å². The van der Waals surface area contributed by atoms with E-state index in [1.54, 1.807) is 13.8 Å². The molecule has 0 amide bonds. The average Bonchev–Trinajstić information content (AvgIpc) is 2.14. The van der Waals surface area contributed by atoms with E-state index < -0.39 is 21.3 Å². The third-order valence-electron chi connectivity index (χ3n) is 2.20. The number of alkyl halides is 3. The van der Waals surface area contributed by atoms with Crippen LogP contribution in [0.15, 0.2) is 0 Å². The SMILES string of the molecule is CCC(CC)(CBr)NS(=O)(=O)C(F)F. The van der Waals surface area contributed by atoms with Gasteiger partial charge < -0.3 is 0 Å². The summed E-state index contributed by atoms with van der Waals surface area (Å²) >= 11 is 3.12. The minimum absolute atomic E-state index is 0.318. The van der Waals surface area contributed by atoms with Gasteiger partial charge >= 0.3 is 5.76 Å². The van der Waals surface area contributed by atoms with Gasteiger partial charge in [0.2, 0.25) is 0 Å². The van der Waals surface area contributed by atoms with Gasteiger partial charge in [0, 0.05) is 10.9 Å². The molecule has 7 heteroatoms. The summed E-state index contributed by atoms with van der Waals surface area (Å²) in [6.07, 6.45) is 0.918. The summed E-state index contributed by atoms with van der Waals surface area (Å²) < 4.78 is 48.1. The summed E-state index contributed by atoms with van der Waals surface area (Å²) in [5.74, 6) is -3.38. The second kappa shape index (κ2) is 5.37. The van der Waals surface area contributed by atoms with Crippen LogP contribution in [0, 0.1) is 0 Å². The number of sulfonamides is 1. The zero-order valence-corrected chi connectivity index (χ0v) is 10.5. The lowest BCUT2D eigenvalue weighted by molar-refractivity contribution is 0.227. The quantitative estimate of drug-likeness (QED) is 0.762. The molecular weight excluding hydrogens is 280 g/mol. The van der Waals surface area contributed by atoms with Crippen molar-refractivity contribution in [3.8, 4) is 0 Å². The van der Waals surface area contributed by atoms with Crippen molar-refractivity contribution in [3.05, 3.63) is 0 Å². The molecule has 0 aliphatic heterocycles. The molecule has 0 saturated heterocycles. The van der Waals surface area contributed by atoms with Crippen molar-refractivity contribution in [1.29, 1.82) is 0 Å². The fourth-order valence-electron chi connectivity index (χ4n) is 0.957. The van der Waals surface area contributed by atoms with Crippen LogP contribution in [-0.2, 0) is 10.0 Å². The Morgan fingerprint density at radius 2 is 1.79 bits per heavy atom. The van der Waals surface area contributed by atoms with Gasteiger partial charge in [-0.25, -0.2) is 13.1 Å². The lowest BCUT2D eigenvalue weighted by Crippen LogP contribution is -2.50. The molecule has 0 spiro atoms. The second-order valence-electron chi connectivity index (χ2n) is 3.03. The van der Waals surface area contributed by atoms with Gasteiger partial charge in [0.1, 0.15) is 0 Å². The van der Waals surface area contributed by atoms with E-state index >= 15 is 0 Å². The molecule has 14 heavy (non-hydrogen) atoms. The normalized spacial score (nSPS) is 13.6. The van der Waals surface area contributed by atoms with Gasteiger partial charge in [-0.1, -0.05) is 29.8 Å². The summed E-state index contributed by atoms with van der Waals surface area (Å²) in [7, 11) is -4.51. The van der Waals surface area contributed by atoms with Gasteiger partial charge in [0.05, 0.1) is 0 Å². The Kier molecular flexibility index (Phi) is 5.46. The van der Waals surface area contributed by atoms with Gasteiger partial charge in [-0.05, 0) is 12.8 Å². The first-order valence-electron chi connectivity index (χ1n) is 4.20. The molecule has 86 valence electrons. The van der Waals surface area contributed by atoms with Gasteiger partial charge in [-0.15, -0.1) is 0 Å². The third-order valence-corrected chi connectivity index (χ3v) is 4.46. The van der Waals surface area contributed by atoms with E-state index in [4.69, 9.17) is 0 Å². The van der Waals surface area contributed by atoms with E-state index in [1.807, 2.05) is 4.72 Å². The highest BCUT2D eigenvalue weighted by Gasteiger charge is 2.34. The summed E-state index contributed by atoms with van der Waals surface area (Å²) in [5, 5.41) is 0.318. The van der Waals surface area contributed by atoms with Crippen LogP contribution in [0.2, 0.25) is 0 Å². The number of rotatable bonds is 6. The smallest absolute Gasteiger partial charge is 0.206 e. The molecule has 0 aliphatic rings. The van der Waals surface area contributed by atoms with Crippen LogP contribution in [0.4, 0.5) is 8.78 Å². The molecule has 0 heterocycles. The van der Waals surface area contributed by atoms with Crippen LogP contribution >= 0.6 is 15.9 Å². The van der Waals surface area contributed by atoms with E-state index in [0.29, 0.717) is 18.2 Å². The molecule has 0 bridgehead atoms. The molecule has 0 unspecified atom stereocenters. The fourth-order valence-corrected chi connectivity index (χ4v) is 3.13. The lowest BCUT2D eigenvalue weighted by Gasteiger charge is -2.30. The van der Waals surface area contributed by atoms with Crippen LogP contribution in [-0.4, -0.2) is 25.0 Å². The molecule has 0 aromatic heterocycles.